The summed E-state index contributed by atoms with van der Waals surface area (Å²) < 4.78 is 41.6. The SMILES string of the molecule is CC(F)(F)C[C@H](NC(=O)c1cc2cccc(F)c2[nH]1)C(=O)N[C@@H](C[C@@H]1CCCNC1=O)C(=O)CO. The van der Waals surface area contributed by atoms with Crippen LogP contribution >= 0.6 is 0 Å². The van der Waals surface area contributed by atoms with Crippen molar-refractivity contribution < 1.29 is 37.5 Å². The molecule has 2 heterocycles. The van der Waals surface area contributed by atoms with E-state index in [9.17, 15) is 37.5 Å². The van der Waals surface area contributed by atoms with Gasteiger partial charge >= 0.3 is 0 Å². The average molecular weight is 496 g/mol. The molecule has 1 aromatic heterocycles. The van der Waals surface area contributed by atoms with Gasteiger partial charge in [-0.25, -0.2) is 13.2 Å². The summed E-state index contributed by atoms with van der Waals surface area (Å²) in [5.41, 5.74) is -0.108. The number of nitrogens with one attached hydrogen (secondary N) is 4. The van der Waals surface area contributed by atoms with Crippen LogP contribution in [0.2, 0.25) is 0 Å². The lowest BCUT2D eigenvalue weighted by Crippen LogP contribution is -2.54. The van der Waals surface area contributed by atoms with Crippen molar-refractivity contribution in [1.29, 1.82) is 0 Å². The topological polar surface area (TPSA) is 140 Å². The number of alkyl halides is 2. The van der Waals surface area contributed by atoms with Crippen molar-refractivity contribution in [2.45, 2.75) is 50.6 Å². The normalized spacial score (nSPS) is 18.0. The number of benzene rings is 1. The fourth-order valence-corrected chi connectivity index (χ4v) is 4.04. The van der Waals surface area contributed by atoms with Crippen LogP contribution in [0.25, 0.3) is 10.9 Å². The summed E-state index contributed by atoms with van der Waals surface area (Å²) in [5, 5.41) is 16.8. The number of H-pyrrole nitrogens is 1. The van der Waals surface area contributed by atoms with E-state index in [0.29, 0.717) is 31.7 Å². The number of Topliss-reactive ketones (excluding diaryl/α,β-unsaturated/α-hetero) is 1. The number of hydrogen-bond acceptors (Lipinski definition) is 5. The van der Waals surface area contributed by atoms with E-state index in [1.54, 1.807) is 6.07 Å². The van der Waals surface area contributed by atoms with E-state index in [1.807, 2.05) is 0 Å². The number of amides is 3. The summed E-state index contributed by atoms with van der Waals surface area (Å²) in [7, 11) is 0. The van der Waals surface area contributed by atoms with Crippen molar-refractivity contribution in [2.24, 2.45) is 5.92 Å². The van der Waals surface area contributed by atoms with Gasteiger partial charge in [0.1, 0.15) is 24.2 Å². The molecule has 0 bridgehead atoms. The van der Waals surface area contributed by atoms with Crippen LogP contribution in [0.5, 0.6) is 0 Å². The molecule has 1 saturated heterocycles. The fourth-order valence-electron chi connectivity index (χ4n) is 4.04. The van der Waals surface area contributed by atoms with Gasteiger partial charge in [-0.1, -0.05) is 12.1 Å². The van der Waals surface area contributed by atoms with Gasteiger partial charge in [-0.05, 0) is 38.3 Å². The zero-order chi connectivity index (χ0) is 25.8. The molecule has 0 saturated carbocycles. The van der Waals surface area contributed by atoms with E-state index in [-0.39, 0.29) is 23.5 Å². The Balaban J connectivity index is 1.78. The first-order valence-corrected chi connectivity index (χ1v) is 11.2. The smallest absolute Gasteiger partial charge is 0.268 e. The van der Waals surface area contributed by atoms with E-state index in [0.717, 1.165) is 0 Å². The maximum Gasteiger partial charge on any atom is 0.268 e. The minimum Gasteiger partial charge on any atom is -0.389 e. The molecule has 1 aliphatic heterocycles. The maximum atomic E-state index is 13.9. The Morgan fingerprint density at radius 1 is 1.23 bits per heavy atom. The number of rotatable bonds is 10. The van der Waals surface area contributed by atoms with Crippen LogP contribution in [-0.2, 0) is 14.4 Å². The number of halogens is 3. The molecule has 12 heteroatoms. The summed E-state index contributed by atoms with van der Waals surface area (Å²) >= 11 is 0. The molecule has 2 aromatic rings. The summed E-state index contributed by atoms with van der Waals surface area (Å²) in [6, 6.07) is 2.40. The number of carbonyl (C=O) groups excluding carboxylic acids is 4. The second-order valence-electron chi connectivity index (χ2n) is 8.74. The van der Waals surface area contributed by atoms with E-state index in [2.05, 4.69) is 20.9 Å². The zero-order valence-electron chi connectivity index (χ0n) is 19.0. The number of carbonyl (C=O) groups is 4. The Labute approximate surface area is 198 Å². The van der Waals surface area contributed by atoms with Crippen LogP contribution in [-0.4, -0.2) is 64.8 Å². The number of ketones is 1. The molecule has 0 unspecified atom stereocenters. The van der Waals surface area contributed by atoms with Gasteiger partial charge in [-0.15, -0.1) is 0 Å². The Hall–Kier alpha value is -3.41. The van der Waals surface area contributed by atoms with Crippen LogP contribution < -0.4 is 16.0 Å². The van der Waals surface area contributed by atoms with E-state index >= 15 is 0 Å². The van der Waals surface area contributed by atoms with Gasteiger partial charge in [-0.3, -0.25) is 19.2 Å². The molecule has 1 aliphatic rings. The molecule has 0 radical (unpaired) electrons. The summed E-state index contributed by atoms with van der Waals surface area (Å²) in [6.07, 6.45) is -0.0815. The molecule has 3 atom stereocenters. The van der Waals surface area contributed by atoms with Gasteiger partial charge < -0.3 is 26.0 Å². The van der Waals surface area contributed by atoms with Crippen LogP contribution in [0.3, 0.4) is 0 Å². The molecule has 5 N–H and O–H groups in total. The summed E-state index contributed by atoms with van der Waals surface area (Å²) in [6.45, 7) is 0.124. The van der Waals surface area contributed by atoms with Crippen LogP contribution in [0.1, 0.15) is 43.1 Å². The number of piperidine rings is 1. The molecule has 190 valence electrons. The molecule has 3 amide bonds. The fraction of sp³-hybridized carbons (Fsp3) is 0.478. The van der Waals surface area contributed by atoms with Gasteiger partial charge in [0, 0.05) is 24.3 Å². The molecular formula is C23H27F3N4O5. The van der Waals surface area contributed by atoms with Crippen LogP contribution in [0, 0.1) is 11.7 Å². The largest absolute Gasteiger partial charge is 0.389 e. The van der Waals surface area contributed by atoms with Crippen molar-refractivity contribution in [1.82, 2.24) is 20.9 Å². The lowest BCUT2D eigenvalue weighted by atomic mass is 9.90. The summed E-state index contributed by atoms with van der Waals surface area (Å²) in [4.78, 5) is 52.5. The van der Waals surface area contributed by atoms with Gasteiger partial charge in [-0.2, -0.15) is 0 Å². The van der Waals surface area contributed by atoms with Gasteiger partial charge in [0.2, 0.25) is 17.7 Å². The highest BCUT2D eigenvalue weighted by atomic mass is 19.3. The molecule has 9 nitrogen and oxygen atoms in total. The highest BCUT2D eigenvalue weighted by molar-refractivity contribution is 6.01. The molecule has 0 aliphatic carbocycles. The summed E-state index contributed by atoms with van der Waals surface area (Å²) in [5.74, 6) is -7.69. The predicted octanol–water partition coefficient (Wildman–Crippen LogP) is 1.41. The van der Waals surface area contributed by atoms with Crippen LogP contribution in [0.15, 0.2) is 24.3 Å². The number of fused-ring (bicyclic) bond motifs is 1. The minimum absolute atomic E-state index is 0.0406. The van der Waals surface area contributed by atoms with Crippen molar-refractivity contribution in [3.8, 4) is 0 Å². The van der Waals surface area contributed by atoms with E-state index in [4.69, 9.17) is 0 Å². The second-order valence-corrected chi connectivity index (χ2v) is 8.74. The number of aromatic nitrogens is 1. The molecule has 1 fully saturated rings. The third-order valence-corrected chi connectivity index (χ3v) is 5.81. The van der Waals surface area contributed by atoms with Crippen molar-refractivity contribution in [3.05, 3.63) is 35.8 Å². The minimum atomic E-state index is -3.36. The standard InChI is InChI=1S/C23H27F3N4O5/c1-23(25,26)10-17(30-21(34)16-8-12-4-2-6-14(24)19(12)28-16)22(35)29-15(18(32)11-31)9-13-5-3-7-27-20(13)33/h2,4,6,8,13,15,17,28,31H,3,5,7,9-11H2,1H3,(H,27,33)(H,29,35)(H,30,34)/t13-,15-,17-/m0/s1. The number of aliphatic hydroxyl groups excluding tert-OH is 1. The Bertz CT molecular complexity index is 1110. The Morgan fingerprint density at radius 2 is 1.97 bits per heavy atom. The quantitative estimate of drug-likeness (QED) is 0.338. The molecule has 35 heavy (non-hydrogen) atoms. The van der Waals surface area contributed by atoms with Gasteiger partial charge in [0.25, 0.3) is 5.91 Å². The Kier molecular flexibility index (Phi) is 8.15. The van der Waals surface area contributed by atoms with Crippen molar-refractivity contribution >= 4 is 34.4 Å². The Morgan fingerprint density at radius 3 is 2.60 bits per heavy atom. The highest BCUT2D eigenvalue weighted by Crippen LogP contribution is 2.22. The predicted molar refractivity (Wildman–Crippen MR) is 119 cm³/mol. The van der Waals surface area contributed by atoms with E-state index < -0.39 is 60.4 Å². The lowest BCUT2D eigenvalue weighted by Gasteiger charge is -2.28. The van der Waals surface area contributed by atoms with Gasteiger partial charge in [0.15, 0.2) is 5.78 Å². The monoisotopic (exact) mass is 496 g/mol. The first kappa shape index (κ1) is 26.2. The van der Waals surface area contributed by atoms with Crippen LogP contribution in [0.4, 0.5) is 13.2 Å². The second kappa shape index (κ2) is 10.9. The number of hydrogen-bond donors (Lipinski definition) is 5. The number of aromatic amines is 1. The third kappa shape index (κ3) is 6.81. The average Bonchev–Trinajstić information content (AvgIpc) is 3.24. The third-order valence-electron chi connectivity index (χ3n) is 5.81. The first-order valence-electron chi connectivity index (χ1n) is 11.2. The highest BCUT2D eigenvalue weighted by Gasteiger charge is 2.36. The lowest BCUT2D eigenvalue weighted by molar-refractivity contribution is -0.133. The molecule has 1 aromatic carbocycles. The molecular weight excluding hydrogens is 469 g/mol. The molecule has 3 rings (SSSR count). The van der Waals surface area contributed by atoms with Gasteiger partial charge in [0.05, 0.1) is 11.6 Å². The maximum absolute atomic E-state index is 13.9. The zero-order valence-corrected chi connectivity index (χ0v) is 19.0. The molecule has 0 spiro atoms. The van der Waals surface area contributed by atoms with Crippen molar-refractivity contribution in [3.63, 3.8) is 0 Å². The van der Waals surface area contributed by atoms with E-state index in [1.165, 1.54) is 18.2 Å². The first-order chi connectivity index (χ1) is 16.5. The number of para-hydroxylation sites is 1. The van der Waals surface area contributed by atoms with Crippen molar-refractivity contribution in [2.75, 3.05) is 13.2 Å². The number of aliphatic hydroxyl groups is 1.